The minimum atomic E-state index is -3.89. The third kappa shape index (κ3) is 10.3. The van der Waals surface area contributed by atoms with Gasteiger partial charge in [-0.25, -0.2) is 28.1 Å². The molecule has 0 aliphatic carbocycles. The second-order valence-electron chi connectivity index (χ2n) is 16.4. The molecule has 4 heterocycles. The van der Waals surface area contributed by atoms with Gasteiger partial charge in [0.1, 0.15) is 24.3 Å². The molecule has 0 radical (unpaired) electrons. The number of amides is 5. The summed E-state index contributed by atoms with van der Waals surface area (Å²) in [6, 6.07) is 4.95. The standard InChI is InChI=1S/C41H50BrF2N7O10/c1-7-41(25-17-29-32-22(16-23-26(42)10-8-11-27(23)48-32)18-50(29)34(54)24(25)19-59-36(41)56)60-30(52)13-14-40(43,44)20-51(28(33(45)53)12-9-15-47-37(46)57)35(55)31(21(2)3)49-38(58)61-39(4,5)6/h8,10-11,16-17,21,28,31H,7,9,12-15,18-20H2,1-6H3,(H2,45,53)(H,49,58)(H3,46,47,57)/t28-,31-,41-/m0/s1. The zero-order valence-corrected chi connectivity index (χ0v) is 36.3. The molecule has 17 nitrogen and oxygen atoms in total. The number of rotatable bonds is 16. The maximum Gasteiger partial charge on any atom is 0.408 e. The number of alkyl halides is 2. The van der Waals surface area contributed by atoms with Gasteiger partial charge in [-0.05, 0) is 70.2 Å². The molecule has 5 rings (SSSR count). The van der Waals surface area contributed by atoms with Crippen LogP contribution in [0.15, 0.2) is 39.6 Å². The summed E-state index contributed by atoms with van der Waals surface area (Å²) < 4.78 is 50.9. The van der Waals surface area contributed by atoms with Gasteiger partial charge >= 0.3 is 24.1 Å². The first-order chi connectivity index (χ1) is 28.5. The number of nitrogens with one attached hydrogen (secondary N) is 2. The van der Waals surface area contributed by atoms with Crippen LogP contribution in [0.3, 0.4) is 0 Å². The number of nitrogens with zero attached hydrogens (tertiary/aromatic N) is 3. The Kier molecular flexibility index (Phi) is 13.8. The Morgan fingerprint density at radius 1 is 1.11 bits per heavy atom. The lowest BCUT2D eigenvalue weighted by Gasteiger charge is -2.37. The SMILES string of the molecule is CC[C@@]1(OC(=O)CCC(F)(F)CN(C(=O)[C@@H](NC(=O)OC(C)(C)C)C(C)C)[C@@H](CCCNC(N)=O)C(N)=O)C(=O)OCc2c1cc1n(c2=O)Cc2cc3c(Br)cccc3nc2-1. The quantitative estimate of drug-likeness (QED) is 0.0693. The molecule has 61 heavy (non-hydrogen) atoms. The minimum absolute atomic E-state index is 0.0104. The van der Waals surface area contributed by atoms with E-state index in [9.17, 15) is 33.6 Å². The molecule has 2 aliphatic rings. The van der Waals surface area contributed by atoms with E-state index in [1.54, 1.807) is 40.7 Å². The zero-order valence-electron chi connectivity index (χ0n) is 34.7. The van der Waals surface area contributed by atoms with Gasteiger partial charge in [0.05, 0.1) is 42.0 Å². The molecule has 6 N–H and O–H groups in total. The first-order valence-corrected chi connectivity index (χ1v) is 20.5. The lowest BCUT2D eigenvalue weighted by molar-refractivity contribution is -0.190. The molecule has 0 bridgehead atoms. The van der Waals surface area contributed by atoms with E-state index in [2.05, 4.69) is 26.6 Å². The average Bonchev–Trinajstić information content (AvgIpc) is 3.52. The van der Waals surface area contributed by atoms with Crippen molar-refractivity contribution in [1.29, 1.82) is 0 Å². The highest BCUT2D eigenvalue weighted by molar-refractivity contribution is 9.10. The lowest BCUT2D eigenvalue weighted by atomic mass is 9.85. The summed E-state index contributed by atoms with van der Waals surface area (Å²) >= 11 is 3.53. The number of fused-ring (bicyclic) bond motifs is 5. The third-order valence-electron chi connectivity index (χ3n) is 10.4. The summed E-state index contributed by atoms with van der Waals surface area (Å²) in [5.74, 6) is -9.06. The number of carbonyl (C=O) groups is 6. The van der Waals surface area contributed by atoms with E-state index in [0.29, 0.717) is 21.8 Å². The van der Waals surface area contributed by atoms with Crippen molar-refractivity contribution in [2.75, 3.05) is 13.1 Å². The Bertz CT molecular complexity index is 2310. The first-order valence-electron chi connectivity index (χ1n) is 19.7. The molecule has 0 unspecified atom stereocenters. The fourth-order valence-corrected chi connectivity index (χ4v) is 7.88. The van der Waals surface area contributed by atoms with Crippen molar-refractivity contribution in [2.45, 2.75) is 116 Å². The normalized spacial score (nSPS) is 16.7. The Labute approximate surface area is 358 Å². The Hall–Kier alpha value is -5.66. The summed E-state index contributed by atoms with van der Waals surface area (Å²) in [6.07, 6.45) is -3.74. The van der Waals surface area contributed by atoms with Gasteiger partial charge in [-0.15, -0.1) is 0 Å². The minimum Gasteiger partial charge on any atom is -0.457 e. The van der Waals surface area contributed by atoms with Crippen LogP contribution in [0.25, 0.3) is 22.3 Å². The van der Waals surface area contributed by atoms with E-state index in [1.165, 1.54) is 11.5 Å². The number of ether oxygens (including phenoxy) is 3. The van der Waals surface area contributed by atoms with Crippen molar-refractivity contribution in [2.24, 2.45) is 17.4 Å². The smallest absolute Gasteiger partial charge is 0.408 e. The first kappa shape index (κ1) is 46.4. The number of hydrogen-bond acceptors (Lipinski definition) is 11. The van der Waals surface area contributed by atoms with Gasteiger partial charge in [-0.1, -0.05) is 42.8 Å². The predicted octanol–water partition coefficient (Wildman–Crippen LogP) is 4.49. The molecular formula is C41H50BrF2N7O10. The highest BCUT2D eigenvalue weighted by atomic mass is 79.9. The summed E-state index contributed by atoms with van der Waals surface area (Å²) in [5, 5.41) is 5.53. The lowest BCUT2D eigenvalue weighted by Crippen LogP contribution is -2.59. The monoisotopic (exact) mass is 917 g/mol. The van der Waals surface area contributed by atoms with Crippen molar-refractivity contribution in [1.82, 2.24) is 25.1 Å². The molecule has 1 aromatic carbocycles. The molecule has 5 amide bonds. The van der Waals surface area contributed by atoms with Crippen LogP contribution in [-0.2, 0) is 52.1 Å². The number of cyclic esters (lactones) is 1. The molecule has 0 spiro atoms. The number of alkyl carbamates (subject to hydrolysis) is 1. The van der Waals surface area contributed by atoms with Gasteiger partial charge in [0.2, 0.25) is 17.4 Å². The van der Waals surface area contributed by atoms with Crippen LogP contribution < -0.4 is 27.7 Å². The van der Waals surface area contributed by atoms with Crippen LogP contribution in [0, 0.1) is 5.92 Å². The number of nitrogens with two attached hydrogens (primary N) is 2. The fourth-order valence-electron chi connectivity index (χ4n) is 7.41. The number of halogens is 3. The fraction of sp³-hybridized carbons (Fsp3) is 0.512. The number of benzene rings is 1. The second-order valence-corrected chi connectivity index (χ2v) is 17.2. The van der Waals surface area contributed by atoms with Crippen LogP contribution in [0.5, 0.6) is 0 Å². The Balaban J connectivity index is 1.41. The van der Waals surface area contributed by atoms with E-state index in [-0.39, 0.29) is 43.5 Å². The van der Waals surface area contributed by atoms with Crippen LogP contribution in [-0.4, -0.2) is 87.0 Å². The number of urea groups is 1. The molecular weight excluding hydrogens is 868 g/mol. The van der Waals surface area contributed by atoms with Gasteiger partial charge in [0.25, 0.3) is 11.5 Å². The van der Waals surface area contributed by atoms with Gasteiger partial charge in [0, 0.05) is 34.0 Å². The third-order valence-corrected chi connectivity index (χ3v) is 11.1. The van der Waals surface area contributed by atoms with E-state index in [0.717, 1.165) is 15.4 Å². The van der Waals surface area contributed by atoms with Crippen molar-refractivity contribution in [3.05, 3.63) is 61.8 Å². The van der Waals surface area contributed by atoms with Crippen LogP contribution in [0.1, 0.15) is 90.3 Å². The van der Waals surface area contributed by atoms with Gasteiger partial charge in [-0.2, -0.15) is 0 Å². The van der Waals surface area contributed by atoms with Crippen molar-refractivity contribution < 1.29 is 51.8 Å². The van der Waals surface area contributed by atoms with Crippen LogP contribution >= 0.6 is 15.9 Å². The molecule has 3 aromatic rings. The highest BCUT2D eigenvalue weighted by Gasteiger charge is 2.51. The van der Waals surface area contributed by atoms with Crippen molar-refractivity contribution in [3.63, 3.8) is 0 Å². The summed E-state index contributed by atoms with van der Waals surface area (Å²) in [7, 11) is 0. The van der Waals surface area contributed by atoms with Gasteiger partial charge in [-0.3, -0.25) is 19.2 Å². The van der Waals surface area contributed by atoms with Crippen LogP contribution in [0.2, 0.25) is 0 Å². The second kappa shape index (κ2) is 18.1. The highest BCUT2D eigenvalue weighted by Crippen LogP contribution is 2.42. The number of hydrogen-bond donors (Lipinski definition) is 4. The molecule has 2 aliphatic heterocycles. The van der Waals surface area contributed by atoms with E-state index in [1.807, 2.05) is 24.3 Å². The number of esters is 2. The van der Waals surface area contributed by atoms with Crippen molar-refractivity contribution >= 4 is 62.7 Å². The van der Waals surface area contributed by atoms with Gasteiger partial charge < -0.3 is 45.8 Å². The molecule has 3 atom stereocenters. The molecule has 330 valence electrons. The summed E-state index contributed by atoms with van der Waals surface area (Å²) in [4.78, 5) is 97.3. The number of pyridine rings is 2. The zero-order chi connectivity index (χ0) is 45.2. The topological polar surface area (TPSA) is 244 Å². The number of carbonyl (C=O) groups excluding carboxylic acids is 6. The predicted molar refractivity (Wildman–Crippen MR) is 220 cm³/mol. The summed E-state index contributed by atoms with van der Waals surface area (Å²) in [5.41, 5.74) is 9.47. The molecule has 0 saturated heterocycles. The van der Waals surface area contributed by atoms with Gasteiger partial charge in [0.15, 0.2) is 0 Å². The molecule has 0 fully saturated rings. The van der Waals surface area contributed by atoms with Crippen LogP contribution in [0.4, 0.5) is 18.4 Å². The number of aromatic nitrogens is 2. The average molecular weight is 919 g/mol. The Morgan fingerprint density at radius 2 is 1.82 bits per heavy atom. The van der Waals surface area contributed by atoms with E-state index >= 15 is 8.78 Å². The van der Waals surface area contributed by atoms with Crippen molar-refractivity contribution in [3.8, 4) is 11.4 Å². The molecule has 2 aromatic heterocycles. The molecule has 20 heteroatoms. The maximum absolute atomic E-state index is 16.1. The van der Waals surface area contributed by atoms with E-state index < -0.39 is 103 Å². The molecule has 0 saturated carbocycles. The Morgan fingerprint density at radius 3 is 2.44 bits per heavy atom. The maximum atomic E-state index is 16.1. The summed E-state index contributed by atoms with van der Waals surface area (Å²) in [6.45, 7) is 7.61. The largest absolute Gasteiger partial charge is 0.457 e. The van der Waals surface area contributed by atoms with E-state index in [4.69, 9.17) is 30.7 Å². The number of primary amides is 2.